The number of hydrogen-bond donors (Lipinski definition) is 1. The Kier molecular flexibility index (Phi) is 3.97. The number of hydrogen-bond acceptors (Lipinski definition) is 4. The molecule has 0 aliphatic rings. The lowest BCUT2D eigenvalue weighted by Gasteiger charge is -2.25. The summed E-state index contributed by atoms with van der Waals surface area (Å²) in [5.41, 5.74) is 1.06. The molecule has 0 bridgehead atoms. The van der Waals surface area contributed by atoms with Crippen molar-refractivity contribution in [3.63, 3.8) is 0 Å². The van der Waals surface area contributed by atoms with E-state index in [1.165, 1.54) is 4.70 Å². The van der Waals surface area contributed by atoms with Gasteiger partial charge in [-0.3, -0.25) is 0 Å². The van der Waals surface area contributed by atoms with Gasteiger partial charge in [0.15, 0.2) is 5.13 Å². The lowest BCUT2D eigenvalue weighted by Crippen LogP contribution is -2.32. The summed E-state index contributed by atoms with van der Waals surface area (Å²) < 4.78 is 1.22. The molecule has 0 saturated heterocycles. The Bertz CT molecular complexity index is 448. The molecule has 1 aromatic heterocycles. The molecule has 1 aromatic carbocycles. The highest BCUT2D eigenvalue weighted by Crippen LogP contribution is 2.29. The van der Waals surface area contributed by atoms with Gasteiger partial charge in [-0.1, -0.05) is 23.5 Å². The van der Waals surface area contributed by atoms with Crippen molar-refractivity contribution in [3.8, 4) is 0 Å². The lowest BCUT2D eigenvalue weighted by atomic mass is 10.3. The number of anilines is 1. The van der Waals surface area contributed by atoms with Crippen LogP contribution in [0.15, 0.2) is 24.3 Å². The van der Waals surface area contributed by atoms with Crippen LogP contribution in [0.4, 0.5) is 5.13 Å². The first kappa shape index (κ1) is 12.3. The van der Waals surface area contributed by atoms with Crippen LogP contribution >= 0.6 is 11.3 Å². The van der Waals surface area contributed by atoms with Crippen LogP contribution in [0.2, 0.25) is 0 Å². The van der Waals surface area contributed by atoms with Crippen molar-refractivity contribution in [2.75, 3.05) is 18.1 Å². The normalized spacial score (nSPS) is 11.3. The molecule has 2 aromatic rings. The SMILES string of the molecule is CC(C)N(CCCO)c1nc2ccccc2s1. The number of nitrogens with zero attached hydrogens (tertiary/aromatic N) is 2. The number of fused-ring (bicyclic) bond motifs is 1. The van der Waals surface area contributed by atoms with Gasteiger partial charge in [-0.25, -0.2) is 4.98 Å². The Morgan fingerprint density at radius 3 is 2.76 bits per heavy atom. The number of thiazole rings is 1. The van der Waals surface area contributed by atoms with E-state index in [0.29, 0.717) is 6.04 Å². The molecule has 0 aliphatic heterocycles. The minimum atomic E-state index is 0.230. The molecule has 1 N–H and O–H groups in total. The standard InChI is InChI=1S/C13H18N2OS/c1-10(2)15(8-5-9-16)13-14-11-6-3-4-7-12(11)17-13/h3-4,6-7,10,16H,5,8-9H2,1-2H3. The zero-order valence-electron chi connectivity index (χ0n) is 10.3. The van der Waals surface area contributed by atoms with Crippen LogP contribution in [0.25, 0.3) is 10.2 Å². The topological polar surface area (TPSA) is 36.4 Å². The van der Waals surface area contributed by atoms with Crippen molar-refractivity contribution in [3.05, 3.63) is 24.3 Å². The smallest absolute Gasteiger partial charge is 0.186 e. The van der Waals surface area contributed by atoms with Gasteiger partial charge in [0.1, 0.15) is 0 Å². The summed E-state index contributed by atoms with van der Waals surface area (Å²) >= 11 is 1.72. The first-order valence-corrected chi connectivity index (χ1v) is 6.77. The van der Waals surface area contributed by atoms with Gasteiger partial charge in [-0.2, -0.15) is 0 Å². The monoisotopic (exact) mass is 250 g/mol. The number of para-hydroxylation sites is 1. The molecule has 0 atom stereocenters. The molecule has 0 saturated carbocycles. The zero-order valence-corrected chi connectivity index (χ0v) is 11.1. The molecule has 0 unspecified atom stereocenters. The predicted octanol–water partition coefficient (Wildman–Crippen LogP) is 2.89. The van der Waals surface area contributed by atoms with E-state index in [-0.39, 0.29) is 6.61 Å². The van der Waals surface area contributed by atoms with E-state index < -0.39 is 0 Å². The average Bonchev–Trinajstić information content (AvgIpc) is 2.72. The fourth-order valence-corrected chi connectivity index (χ4v) is 2.92. The lowest BCUT2D eigenvalue weighted by molar-refractivity contribution is 0.288. The van der Waals surface area contributed by atoms with Crippen molar-refractivity contribution >= 4 is 26.7 Å². The van der Waals surface area contributed by atoms with Crippen LogP contribution in [0.1, 0.15) is 20.3 Å². The highest BCUT2D eigenvalue weighted by molar-refractivity contribution is 7.22. The molecule has 4 heteroatoms. The largest absolute Gasteiger partial charge is 0.396 e. The Morgan fingerprint density at radius 2 is 2.12 bits per heavy atom. The van der Waals surface area contributed by atoms with Gasteiger partial charge in [0.2, 0.25) is 0 Å². The number of rotatable bonds is 5. The van der Waals surface area contributed by atoms with Crippen LogP contribution in [-0.2, 0) is 0 Å². The van der Waals surface area contributed by atoms with Crippen LogP contribution < -0.4 is 4.90 Å². The molecule has 2 rings (SSSR count). The summed E-state index contributed by atoms with van der Waals surface area (Å²) in [7, 11) is 0. The Labute approximate surface area is 106 Å². The van der Waals surface area contributed by atoms with Gasteiger partial charge in [-0.15, -0.1) is 0 Å². The van der Waals surface area contributed by atoms with Gasteiger partial charge in [0.05, 0.1) is 10.2 Å². The number of aliphatic hydroxyl groups excluding tert-OH is 1. The Morgan fingerprint density at radius 1 is 1.35 bits per heavy atom. The molecule has 0 fully saturated rings. The molecule has 92 valence electrons. The second-order valence-electron chi connectivity index (χ2n) is 4.33. The van der Waals surface area contributed by atoms with Crippen molar-refractivity contribution in [2.45, 2.75) is 26.3 Å². The maximum absolute atomic E-state index is 8.94. The maximum atomic E-state index is 8.94. The minimum Gasteiger partial charge on any atom is -0.396 e. The summed E-state index contributed by atoms with van der Waals surface area (Å²) in [6, 6.07) is 8.60. The van der Waals surface area contributed by atoms with Gasteiger partial charge in [0.25, 0.3) is 0 Å². The molecule has 0 spiro atoms. The third-order valence-corrected chi connectivity index (χ3v) is 3.78. The van der Waals surface area contributed by atoms with Gasteiger partial charge >= 0.3 is 0 Å². The summed E-state index contributed by atoms with van der Waals surface area (Å²) in [4.78, 5) is 6.90. The van der Waals surface area contributed by atoms with Crippen LogP contribution in [-0.4, -0.2) is 29.3 Å². The molecular weight excluding hydrogens is 232 g/mol. The van der Waals surface area contributed by atoms with E-state index in [9.17, 15) is 0 Å². The fraction of sp³-hybridized carbons (Fsp3) is 0.462. The molecular formula is C13H18N2OS. The summed E-state index contributed by atoms with van der Waals surface area (Å²) in [6.45, 7) is 5.40. The predicted molar refractivity (Wildman–Crippen MR) is 73.8 cm³/mol. The van der Waals surface area contributed by atoms with Gasteiger partial charge < -0.3 is 10.0 Å². The highest BCUT2D eigenvalue weighted by atomic mass is 32.1. The van der Waals surface area contributed by atoms with Crippen LogP contribution in [0.5, 0.6) is 0 Å². The first-order valence-electron chi connectivity index (χ1n) is 5.95. The molecule has 0 amide bonds. The maximum Gasteiger partial charge on any atom is 0.186 e. The molecule has 17 heavy (non-hydrogen) atoms. The molecule has 3 nitrogen and oxygen atoms in total. The first-order chi connectivity index (χ1) is 8.22. The zero-order chi connectivity index (χ0) is 12.3. The van der Waals surface area contributed by atoms with Crippen molar-refractivity contribution in [1.29, 1.82) is 0 Å². The summed E-state index contributed by atoms with van der Waals surface area (Å²) in [5.74, 6) is 0. The van der Waals surface area contributed by atoms with E-state index in [0.717, 1.165) is 23.6 Å². The van der Waals surface area contributed by atoms with E-state index >= 15 is 0 Å². The highest BCUT2D eigenvalue weighted by Gasteiger charge is 2.14. The van der Waals surface area contributed by atoms with Crippen molar-refractivity contribution in [1.82, 2.24) is 4.98 Å². The van der Waals surface area contributed by atoms with E-state index in [4.69, 9.17) is 5.11 Å². The third-order valence-electron chi connectivity index (χ3n) is 2.71. The third kappa shape index (κ3) is 2.76. The van der Waals surface area contributed by atoms with Gasteiger partial charge in [-0.05, 0) is 32.4 Å². The fourth-order valence-electron chi connectivity index (χ4n) is 1.80. The van der Waals surface area contributed by atoms with E-state index in [1.54, 1.807) is 11.3 Å². The van der Waals surface area contributed by atoms with Crippen LogP contribution in [0.3, 0.4) is 0 Å². The number of aromatic nitrogens is 1. The minimum absolute atomic E-state index is 0.230. The second-order valence-corrected chi connectivity index (χ2v) is 5.34. The Balaban J connectivity index is 2.28. The molecule has 0 radical (unpaired) electrons. The summed E-state index contributed by atoms with van der Waals surface area (Å²) in [5, 5.41) is 9.99. The Hall–Kier alpha value is -1.13. The summed E-state index contributed by atoms with van der Waals surface area (Å²) in [6.07, 6.45) is 0.786. The molecule has 1 heterocycles. The average molecular weight is 250 g/mol. The number of aliphatic hydroxyl groups is 1. The quantitative estimate of drug-likeness (QED) is 0.886. The van der Waals surface area contributed by atoms with E-state index in [2.05, 4.69) is 29.8 Å². The second kappa shape index (κ2) is 5.47. The van der Waals surface area contributed by atoms with Crippen molar-refractivity contribution in [2.24, 2.45) is 0 Å². The van der Waals surface area contributed by atoms with Gasteiger partial charge in [0, 0.05) is 19.2 Å². The molecule has 0 aliphatic carbocycles. The van der Waals surface area contributed by atoms with Crippen LogP contribution in [0, 0.1) is 0 Å². The van der Waals surface area contributed by atoms with Crippen molar-refractivity contribution < 1.29 is 5.11 Å². The number of benzene rings is 1. The van der Waals surface area contributed by atoms with E-state index in [1.807, 2.05) is 18.2 Å².